The second-order valence-corrected chi connectivity index (χ2v) is 15.6. The Bertz CT molecular complexity index is 2640. The van der Waals surface area contributed by atoms with E-state index in [1.807, 2.05) is 57.5 Å². The smallest absolute Gasteiger partial charge is 0.170 e. The van der Waals surface area contributed by atoms with Crippen molar-refractivity contribution in [3.63, 3.8) is 0 Å². The molecule has 0 radical (unpaired) electrons. The Hall–Kier alpha value is -3.34. The van der Waals surface area contributed by atoms with E-state index in [1.54, 1.807) is 23.5 Å². The van der Waals surface area contributed by atoms with E-state index in [1.165, 1.54) is 48.2 Å². The van der Waals surface area contributed by atoms with Crippen molar-refractivity contribution in [1.82, 2.24) is 4.57 Å². The quantitative estimate of drug-likeness (QED) is 0.205. The van der Waals surface area contributed by atoms with Crippen molar-refractivity contribution < 1.29 is 13.9 Å². The zero-order valence-corrected chi connectivity index (χ0v) is 24.5. The van der Waals surface area contributed by atoms with Gasteiger partial charge in [0.1, 0.15) is 22.4 Å². The van der Waals surface area contributed by atoms with E-state index < -0.39 is 0 Å². The summed E-state index contributed by atoms with van der Waals surface area (Å²) in [7, 11) is 0. The van der Waals surface area contributed by atoms with Gasteiger partial charge in [-0.15, -0.1) is 56.7 Å². The maximum Gasteiger partial charge on any atom is 0.170 e. The number of furan rings is 2. The Kier molecular flexibility index (Phi) is 3.88. The number of hydrogen-bond donors (Lipinski definition) is 1. The third-order valence-electron chi connectivity index (χ3n) is 7.51. The van der Waals surface area contributed by atoms with Crippen molar-refractivity contribution in [2.24, 2.45) is 0 Å². The third kappa shape index (κ3) is 2.63. The molecule has 8 heterocycles. The van der Waals surface area contributed by atoms with E-state index in [0.717, 1.165) is 49.0 Å². The molecule has 4 nitrogen and oxygen atoms in total. The normalized spacial score (nSPS) is 13.0. The van der Waals surface area contributed by atoms with E-state index in [2.05, 4.69) is 42.7 Å². The molecule has 39 heavy (non-hydrogen) atoms. The highest BCUT2D eigenvalue weighted by Crippen LogP contribution is 2.52. The van der Waals surface area contributed by atoms with E-state index in [-0.39, 0.29) is 5.75 Å². The van der Waals surface area contributed by atoms with Crippen molar-refractivity contribution in [2.45, 2.75) is 13.8 Å². The molecule has 1 N–H and O–H groups in total. The predicted octanol–water partition coefficient (Wildman–Crippen LogP) is 11.5. The van der Waals surface area contributed by atoms with E-state index in [4.69, 9.17) is 8.83 Å². The monoisotopic (exact) mass is 597 g/mol. The van der Waals surface area contributed by atoms with Crippen molar-refractivity contribution in [3.05, 3.63) is 58.3 Å². The van der Waals surface area contributed by atoms with Crippen LogP contribution in [0.2, 0.25) is 0 Å². The van der Waals surface area contributed by atoms with Crippen LogP contribution in [0.25, 0.3) is 87.4 Å². The van der Waals surface area contributed by atoms with Gasteiger partial charge in [0.25, 0.3) is 0 Å². The molecule has 0 aliphatic rings. The van der Waals surface area contributed by atoms with Crippen LogP contribution in [-0.2, 0) is 0 Å². The maximum absolute atomic E-state index is 9.91. The van der Waals surface area contributed by atoms with Crippen molar-refractivity contribution in [2.75, 3.05) is 0 Å². The average molecular weight is 598 g/mol. The number of hydrogen-bond acceptors (Lipinski definition) is 8. The van der Waals surface area contributed by atoms with Gasteiger partial charge in [-0.1, -0.05) is 0 Å². The molecule has 0 fully saturated rings. The van der Waals surface area contributed by atoms with E-state index >= 15 is 0 Å². The Morgan fingerprint density at radius 2 is 1.28 bits per heavy atom. The lowest BCUT2D eigenvalue weighted by Crippen LogP contribution is -1.92. The molecule has 0 amide bonds. The number of thiophene rings is 5. The molecular weight excluding hydrogens is 583 g/mol. The molecule has 188 valence electrons. The van der Waals surface area contributed by atoms with E-state index in [9.17, 15) is 5.11 Å². The lowest BCUT2D eigenvalue weighted by molar-refractivity contribution is 0.475. The summed E-state index contributed by atoms with van der Waals surface area (Å²) >= 11 is 9.16. The molecular formula is C30H15NO3S5. The SMILES string of the molecule is Cc1cc2sc3c4oc5cc6c(cc5c4sc3c2s1)oc1c6sc2c3sc(C)cc3n(-c3ccc(O)cc3)c12. The summed E-state index contributed by atoms with van der Waals surface area (Å²) in [5.41, 5.74) is 6.99. The Balaban J connectivity index is 1.29. The van der Waals surface area contributed by atoms with Crippen molar-refractivity contribution in [1.29, 1.82) is 0 Å². The molecule has 8 aromatic heterocycles. The van der Waals surface area contributed by atoms with Gasteiger partial charge in [0.05, 0.1) is 38.4 Å². The molecule has 0 bridgehead atoms. The number of phenolic OH excluding ortho intramolecular Hbond substituents is 1. The first-order chi connectivity index (χ1) is 19.0. The average Bonchev–Trinajstić information content (AvgIpc) is 3.74. The fraction of sp³-hybridized carbons (Fsp3) is 0.0667. The second kappa shape index (κ2) is 7.04. The fourth-order valence-electron chi connectivity index (χ4n) is 5.91. The van der Waals surface area contributed by atoms with Crippen molar-refractivity contribution >= 4 is 138 Å². The van der Waals surface area contributed by atoms with Gasteiger partial charge in [0.2, 0.25) is 0 Å². The van der Waals surface area contributed by atoms with Gasteiger partial charge in [-0.05, 0) is 62.4 Å². The highest BCUT2D eigenvalue weighted by atomic mass is 32.1. The standard InChI is InChI=1S/C30H15NO3S5/c1-11-7-17-26(35-11)28-21(31(17)13-3-5-14(32)6-4-13)22-24(38-28)15-9-19-16(10-18(15)33-22)25-23(34-19)29-30(39-25)27-20(37-29)8-12(2)36-27/h3-10,32H,1-2H3. The summed E-state index contributed by atoms with van der Waals surface area (Å²) in [6.07, 6.45) is 0. The number of fused-ring (bicyclic) bond motifs is 14. The number of aromatic hydroxyl groups is 1. The summed E-state index contributed by atoms with van der Waals surface area (Å²) < 4.78 is 25.7. The molecule has 10 aromatic rings. The van der Waals surface area contributed by atoms with Crippen LogP contribution in [-0.4, -0.2) is 9.67 Å². The summed E-state index contributed by atoms with van der Waals surface area (Å²) in [5, 5.41) is 12.1. The maximum atomic E-state index is 9.91. The number of aromatic nitrogens is 1. The molecule has 0 aliphatic carbocycles. The summed E-state index contributed by atoms with van der Waals surface area (Å²) in [5.74, 6) is 0.261. The van der Waals surface area contributed by atoms with Crippen LogP contribution in [0.4, 0.5) is 0 Å². The first-order valence-corrected chi connectivity index (χ1v) is 16.5. The van der Waals surface area contributed by atoms with Gasteiger partial charge in [-0.25, -0.2) is 0 Å². The zero-order chi connectivity index (χ0) is 25.7. The van der Waals surface area contributed by atoms with Gasteiger partial charge in [-0.3, -0.25) is 0 Å². The minimum Gasteiger partial charge on any atom is -0.508 e. The van der Waals surface area contributed by atoms with Crippen LogP contribution in [0.3, 0.4) is 0 Å². The van der Waals surface area contributed by atoms with Crippen LogP contribution in [0.5, 0.6) is 5.75 Å². The summed E-state index contributed by atoms with van der Waals surface area (Å²) in [6.45, 7) is 4.33. The zero-order valence-electron chi connectivity index (χ0n) is 20.4. The fourth-order valence-corrected chi connectivity index (χ4v) is 12.3. The van der Waals surface area contributed by atoms with Crippen LogP contribution in [0.1, 0.15) is 9.75 Å². The Morgan fingerprint density at radius 3 is 2.08 bits per heavy atom. The number of phenols is 1. The molecule has 0 saturated heterocycles. The largest absolute Gasteiger partial charge is 0.508 e. The first kappa shape index (κ1) is 21.5. The number of benzene rings is 2. The van der Waals surface area contributed by atoms with Gasteiger partial charge in [-0.2, -0.15) is 0 Å². The second-order valence-electron chi connectivity index (χ2n) is 9.98. The van der Waals surface area contributed by atoms with Crippen LogP contribution in [0, 0.1) is 13.8 Å². The topological polar surface area (TPSA) is 51.4 Å². The highest BCUT2D eigenvalue weighted by molar-refractivity contribution is 7.41. The molecule has 2 aromatic carbocycles. The number of nitrogens with zero attached hydrogens (tertiary/aromatic N) is 1. The molecule has 0 spiro atoms. The van der Waals surface area contributed by atoms with Crippen LogP contribution < -0.4 is 0 Å². The highest BCUT2D eigenvalue weighted by Gasteiger charge is 2.25. The molecule has 0 atom stereocenters. The Labute approximate surface area is 239 Å². The molecule has 0 saturated carbocycles. The minimum atomic E-state index is 0.261. The van der Waals surface area contributed by atoms with Gasteiger partial charge in [0.15, 0.2) is 11.2 Å². The number of rotatable bonds is 1. The molecule has 0 unspecified atom stereocenters. The molecule has 0 aliphatic heterocycles. The molecule has 10 rings (SSSR count). The first-order valence-electron chi connectivity index (χ1n) is 12.4. The van der Waals surface area contributed by atoms with Gasteiger partial charge >= 0.3 is 0 Å². The Morgan fingerprint density at radius 1 is 0.615 bits per heavy atom. The predicted molar refractivity (Wildman–Crippen MR) is 171 cm³/mol. The van der Waals surface area contributed by atoms with E-state index in [0.29, 0.717) is 0 Å². The lowest BCUT2D eigenvalue weighted by Gasteiger charge is -2.06. The van der Waals surface area contributed by atoms with Gasteiger partial charge < -0.3 is 18.5 Å². The van der Waals surface area contributed by atoms with Gasteiger partial charge in [0, 0.05) is 30.9 Å². The third-order valence-corrected chi connectivity index (χ3v) is 13.7. The summed E-state index contributed by atoms with van der Waals surface area (Å²) in [4.78, 5) is 2.63. The van der Waals surface area contributed by atoms with Crippen molar-refractivity contribution in [3.8, 4) is 11.4 Å². The minimum absolute atomic E-state index is 0.261. The molecule has 9 heteroatoms. The lowest BCUT2D eigenvalue weighted by atomic mass is 10.2. The van der Waals surface area contributed by atoms with Crippen LogP contribution >= 0.6 is 56.7 Å². The van der Waals surface area contributed by atoms with Crippen LogP contribution in [0.15, 0.2) is 57.4 Å². The summed E-state index contributed by atoms with van der Waals surface area (Å²) in [6, 6.07) is 16.3. The number of aryl methyl sites for hydroxylation is 2.